The van der Waals surface area contributed by atoms with Crippen molar-refractivity contribution in [1.29, 1.82) is 0 Å². The Morgan fingerprint density at radius 3 is 2.63 bits per heavy atom. The summed E-state index contributed by atoms with van der Waals surface area (Å²) in [5.74, 6) is 0. The second kappa shape index (κ2) is 3.99. The second-order valence-electron chi connectivity index (χ2n) is 4.65. The van der Waals surface area contributed by atoms with Gasteiger partial charge in [0.1, 0.15) is 6.33 Å². The van der Waals surface area contributed by atoms with Crippen molar-refractivity contribution in [2.75, 3.05) is 5.32 Å². The van der Waals surface area contributed by atoms with E-state index in [0.29, 0.717) is 0 Å². The highest BCUT2D eigenvalue weighted by molar-refractivity contribution is 5.69. The van der Waals surface area contributed by atoms with Gasteiger partial charge in [-0.1, -0.05) is 42.5 Å². The van der Waals surface area contributed by atoms with Crippen LogP contribution in [0.15, 0.2) is 60.9 Å². The van der Waals surface area contributed by atoms with Crippen LogP contribution in [-0.4, -0.2) is 9.55 Å². The van der Waals surface area contributed by atoms with E-state index in [1.807, 2.05) is 30.6 Å². The number of para-hydroxylation sites is 2. The van der Waals surface area contributed by atoms with Gasteiger partial charge in [-0.2, -0.15) is 0 Å². The van der Waals surface area contributed by atoms with Crippen LogP contribution >= 0.6 is 0 Å². The third-order valence-electron chi connectivity index (χ3n) is 3.52. The smallest absolute Gasteiger partial charge is 0.100 e. The summed E-state index contributed by atoms with van der Waals surface area (Å²) in [4.78, 5) is 4.59. The molecule has 0 fully saturated rings. The minimum Gasteiger partial charge on any atom is -0.378 e. The second-order valence-corrected chi connectivity index (χ2v) is 4.65. The molecule has 2 heterocycles. The van der Waals surface area contributed by atoms with Gasteiger partial charge in [0.2, 0.25) is 0 Å². The van der Waals surface area contributed by atoms with Crippen molar-refractivity contribution in [3.05, 3.63) is 66.6 Å². The van der Waals surface area contributed by atoms with Crippen molar-refractivity contribution >= 4 is 5.69 Å². The molecule has 0 aliphatic carbocycles. The van der Waals surface area contributed by atoms with Gasteiger partial charge in [-0.25, -0.2) is 4.98 Å². The lowest BCUT2D eigenvalue weighted by molar-refractivity contribution is 0.907. The van der Waals surface area contributed by atoms with Gasteiger partial charge in [-0.05, 0) is 12.1 Å². The molecular formula is C16H13N3. The van der Waals surface area contributed by atoms with Crippen molar-refractivity contribution in [3.8, 4) is 16.9 Å². The summed E-state index contributed by atoms with van der Waals surface area (Å²) in [6.45, 7) is 0.807. The number of aromatic nitrogens is 2. The molecular weight excluding hydrogens is 234 g/mol. The Hall–Kier alpha value is -2.55. The van der Waals surface area contributed by atoms with E-state index in [-0.39, 0.29) is 0 Å². The van der Waals surface area contributed by atoms with Crippen LogP contribution in [0.1, 0.15) is 5.69 Å². The first-order chi connectivity index (χ1) is 9.43. The predicted molar refractivity (Wildman–Crippen MR) is 76.3 cm³/mol. The number of hydrogen-bond acceptors (Lipinski definition) is 2. The van der Waals surface area contributed by atoms with Gasteiger partial charge in [0.05, 0.1) is 29.3 Å². The molecule has 1 aromatic heterocycles. The van der Waals surface area contributed by atoms with E-state index in [4.69, 9.17) is 0 Å². The van der Waals surface area contributed by atoms with Crippen LogP contribution in [0.5, 0.6) is 0 Å². The average molecular weight is 247 g/mol. The third-order valence-corrected chi connectivity index (χ3v) is 3.52. The molecule has 0 amide bonds. The van der Waals surface area contributed by atoms with Gasteiger partial charge in [0.15, 0.2) is 0 Å². The zero-order chi connectivity index (χ0) is 12.7. The Kier molecular flexibility index (Phi) is 2.18. The van der Waals surface area contributed by atoms with Crippen LogP contribution in [0.25, 0.3) is 16.9 Å². The molecule has 3 aromatic rings. The molecule has 0 saturated heterocycles. The van der Waals surface area contributed by atoms with Crippen LogP contribution in [0.4, 0.5) is 5.69 Å². The van der Waals surface area contributed by atoms with Gasteiger partial charge in [-0.3, -0.25) is 4.57 Å². The summed E-state index contributed by atoms with van der Waals surface area (Å²) in [5.41, 5.74) is 5.76. The Morgan fingerprint density at radius 1 is 0.947 bits per heavy atom. The number of fused-ring (bicyclic) bond motifs is 3. The Labute approximate surface area is 111 Å². The van der Waals surface area contributed by atoms with Crippen molar-refractivity contribution in [2.24, 2.45) is 0 Å². The Bertz CT molecular complexity index is 715. The van der Waals surface area contributed by atoms with Crippen molar-refractivity contribution < 1.29 is 0 Å². The molecule has 19 heavy (non-hydrogen) atoms. The molecule has 1 N–H and O–H groups in total. The molecule has 0 spiro atoms. The standard InChI is InChI=1S/C16H13N3/c1-2-6-12(7-3-1)16-15-10-17-13-8-4-5-9-14(13)19(15)11-18-16/h1-9,11,17H,10H2. The molecule has 1 aliphatic heterocycles. The summed E-state index contributed by atoms with van der Waals surface area (Å²) in [6.07, 6.45) is 1.91. The van der Waals surface area contributed by atoms with Crippen molar-refractivity contribution in [1.82, 2.24) is 9.55 Å². The molecule has 3 nitrogen and oxygen atoms in total. The SMILES string of the molecule is c1ccc(-c2ncn3c2CNc2ccccc2-3)cc1. The topological polar surface area (TPSA) is 29.9 Å². The van der Waals surface area contributed by atoms with E-state index in [0.717, 1.165) is 23.5 Å². The predicted octanol–water partition coefficient (Wildman–Crippen LogP) is 3.46. The Morgan fingerprint density at radius 2 is 1.74 bits per heavy atom. The summed E-state index contributed by atoms with van der Waals surface area (Å²) in [5, 5.41) is 3.45. The summed E-state index contributed by atoms with van der Waals surface area (Å²) in [7, 11) is 0. The van der Waals surface area contributed by atoms with Crippen LogP contribution in [0.2, 0.25) is 0 Å². The van der Waals surface area contributed by atoms with Gasteiger partial charge in [0, 0.05) is 5.56 Å². The van der Waals surface area contributed by atoms with Crippen molar-refractivity contribution in [3.63, 3.8) is 0 Å². The Balaban J connectivity index is 1.91. The van der Waals surface area contributed by atoms with E-state index in [1.165, 1.54) is 11.4 Å². The highest BCUT2D eigenvalue weighted by atomic mass is 15.1. The fraction of sp³-hybridized carbons (Fsp3) is 0.0625. The molecule has 2 aromatic carbocycles. The lowest BCUT2D eigenvalue weighted by atomic mass is 10.1. The minimum atomic E-state index is 0.807. The highest BCUT2D eigenvalue weighted by Crippen LogP contribution is 2.31. The van der Waals surface area contributed by atoms with Gasteiger partial charge >= 0.3 is 0 Å². The van der Waals surface area contributed by atoms with Crippen LogP contribution < -0.4 is 5.32 Å². The minimum absolute atomic E-state index is 0.807. The number of rotatable bonds is 1. The van der Waals surface area contributed by atoms with Gasteiger partial charge < -0.3 is 5.32 Å². The van der Waals surface area contributed by atoms with Crippen LogP contribution in [0.3, 0.4) is 0 Å². The zero-order valence-corrected chi connectivity index (χ0v) is 10.4. The van der Waals surface area contributed by atoms with Crippen LogP contribution in [-0.2, 0) is 6.54 Å². The number of nitrogens with one attached hydrogen (secondary N) is 1. The monoisotopic (exact) mass is 247 g/mol. The third kappa shape index (κ3) is 1.55. The number of nitrogens with zero attached hydrogens (tertiary/aromatic N) is 2. The largest absolute Gasteiger partial charge is 0.378 e. The van der Waals surface area contributed by atoms with E-state index in [9.17, 15) is 0 Å². The van der Waals surface area contributed by atoms with Crippen LogP contribution in [0, 0.1) is 0 Å². The molecule has 0 bridgehead atoms. The highest BCUT2D eigenvalue weighted by Gasteiger charge is 2.19. The first-order valence-corrected chi connectivity index (χ1v) is 6.38. The molecule has 3 heteroatoms. The molecule has 4 rings (SSSR count). The molecule has 92 valence electrons. The average Bonchev–Trinajstić information content (AvgIpc) is 2.92. The van der Waals surface area contributed by atoms with Gasteiger partial charge in [0.25, 0.3) is 0 Å². The summed E-state index contributed by atoms with van der Waals surface area (Å²) in [6, 6.07) is 18.6. The summed E-state index contributed by atoms with van der Waals surface area (Å²) < 4.78 is 2.17. The molecule has 0 saturated carbocycles. The molecule has 0 radical (unpaired) electrons. The summed E-state index contributed by atoms with van der Waals surface area (Å²) >= 11 is 0. The first-order valence-electron chi connectivity index (χ1n) is 6.38. The van der Waals surface area contributed by atoms with E-state index in [2.05, 4.69) is 45.2 Å². The lowest BCUT2D eigenvalue weighted by Crippen LogP contribution is -2.14. The van der Waals surface area contributed by atoms with E-state index in [1.54, 1.807) is 0 Å². The quantitative estimate of drug-likeness (QED) is 0.713. The molecule has 1 aliphatic rings. The fourth-order valence-corrected chi connectivity index (χ4v) is 2.60. The lowest BCUT2D eigenvalue weighted by Gasteiger charge is -2.21. The number of imidazole rings is 1. The normalized spacial score (nSPS) is 12.4. The maximum Gasteiger partial charge on any atom is 0.100 e. The van der Waals surface area contributed by atoms with Crippen molar-refractivity contribution in [2.45, 2.75) is 6.54 Å². The molecule has 0 unspecified atom stereocenters. The van der Waals surface area contributed by atoms with E-state index < -0.39 is 0 Å². The number of benzene rings is 2. The molecule has 0 atom stereocenters. The fourth-order valence-electron chi connectivity index (χ4n) is 2.60. The maximum atomic E-state index is 4.59. The zero-order valence-electron chi connectivity index (χ0n) is 10.4. The number of hydrogen-bond donors (Lipinski definition) is 1. The van der Waals surface area contributed by atoms with E-state index >= 15 is 0 Å². The number of anilines is 1. The van der Waals surface area contributed by atoms with Gasteiger partial charge in [-0.15, -0.1) is 0 Å². The maximum absolute atomic E-state index is 4.59. The first kappa shape index (κ1) is 10.4.